The van der Waals surface area contributed by atoms with Gasteiger partial charge in [0.15, 0.2) is 0 Å². The Morgan fingerprint density at radius 3 is 2.76 bits per heavy atom. The number of carboxylic acids is 1. The van der Waals surface area contributed by atoms with Crippen molar-refractivity contribution in [2.45, 2.75) is 18.8 Å². The number of benzene rings is 1. The molecule has 2 aromatic rings. The summed E-state index contributed by atoms with van der Waals surface area (Å²) in [4.78, 5) is 11.4. The molecular formula is C13H14O4. The van der Waals surface area contributed by atoms with Gasteiger partial charge >= 0.3 is 5.97 Å². The van der Waals surface area contributed by atoms with E-state index in [0.717, 1.165) is 5.39 Å². The third kappa shape index (κ3) is 1.80. The third-order valence-electron chi connectivity index (χ3n) is 3.16. The van der Waals surface area contributed by atoms with Crippen LogP contribution >= 0.6 is 0 Å². The first-order valence-corrected chi connectivity index (χ1v) is 5.40. The fourth-order valence-corrected chi connectivity index (χ4v) is 1.99. The Morgan fingerprint density at radius 2 is 2.12 bits per heavy atom. The molecule has 0 amide bonds. The minimum absolute atomic E-state index is 0.159. The van der Waals surface area contributed by atoms with Gasteiger partial charge in [0, 0.05) is 17.6 Å². The molecule has 0 saturated heterocycles. The van der Waals surface area contributed by atoms with Crippen molar-refractivity contribution in [1.82, 2.24) is 0 Å². The molecular weight excluding hydrogens is 220 g/mol. The number of carbonyl (C=O) groups is 1. The minimum atomic E-state index is -1.12. The predicted octanol–water partition coefficient (Wildman–Crippen LogP) is 2.16. The molecule has 1 aromatic carbocycles. The first-order valence-electron chi connectivity index (χ1n) is 5.40. The number of aliphatic hydroxyl groups excluding tert-OH is 1. The van der Waals surface area contributed by atoms with E-state index in [1.54, 1.807) is 13.0 Å². The van der Waals surface area contributed by atoms with Crippen LogP contribution in [0.2, 0.25) is 0 Å². The van der Waals surface area contributed by atoms with Crippen molar-refractivity contribution in [2.24, 2.45) is 0 Å². The van der Waals surface area contributed by atoms with Gasteiger partial charge in [0.25, 0.3) is 0 Å². The van der Waals surface area contributed by atoms with Crippen molar-refractivity contribution < 1.29 is 19.4 Å². The van der Waals surface area contributed by atoms with Crippen LogP contribution < -0.4 is 0 Å². The molecule has 0 spiro atoms. The van der Waals surface area contributed by atoms with Crippen molar-refractivity contribution >= 4 is 16.9 Å². The van der Waals surface area contributed by atoms with E-state index < -0.39 is 11.4 Å². The predicted molar refractivity (Wildman–Crippen MR) is 62.9 cm³/mol. The number of para-hydroxylation sites is 1. The van der Waals surface area contributed by atoms with Crippen molar-refractivity contribution in [3.8, 4) is 0 Å². The van der Waals surface area contributed by atoms with E-state index in [-0.39, 0.29) is 13.0 Å². The third-order valence-corrected chi connectivity index (χ3v) is 3.16. The van der Waals surface area contributed by atoms with E-state index >= 15 is 0 Å². The molecule has 4 nitrogen and oxygen atoms in total. The highest BCUT2D eigenvalue weighted by molar-refractivity contribution is 5.90. The number of hydrogen-bond acceptors (Lipinski definition) is 3. The molecule has 2 N–H and O–H groups in total. The molecule has 17 heavy (non-hydrogen) atoms. The number of fused-ring (bicyclic) bond motifs is 1. The average molecular weight is 234 g/mol. The number of aliphatic hydroxyl groups is 1. The van der Waals surface area contributed by atoms with Crippen LogP contribution in [-0.2, 0) is 10.2 Å². The Labute approximate surface area is 98.5 Å². The second-order valence-electron chi connectivity index (χ2n) is 4.26. The van der Waals surface area contributed by atoms with Gasteiger partial charge in [0.2, 0.25) is 0 Å². The Balaban J connectivity index is 2.60. The quantitative estimate of drug-likeness (QED) is 0.850. The topological polar surface area (TPSA) is 70.7 Å². The van der Waals surface area contributed by atoms with Crippen LogP contribution in [0.5, 0.6) is 0 Å². The van der Waals surface area contributed by atoms with Gasteiger partial charge in [-0.2, -0.15) is 0 Å². The normalized spacial score (nSPS) is 14.7. The summed E-state index contributed by atoms with van der Waals surface area (Å²) in [5, 5.41) is 19.2. The molecule has 0 aliphatic carbocycles. The molecule has 1 heterocycles. The second kappa shape index (κ2) is 4.22. The van der Waals surface area contributed by atoms with E-state index in [1.807, 2.05) is 18.2 Å². The summed E-state index contributed by atoms with van der Waals surface area (Å²) in [5.41, 5.74) is 0.143. The van der Waals surface area contributed by atoms with Gasteiger partial charge < -0.3 is 14.6 Å². The summed E-state index contributed by atoms with van der Waals surface area (Å²) in [7, 11) is 0. The van der Waals surface area contributed by atoms with Crippen LogP contribution in [0.1, 0.15) is 18.9 Å². The smallest absolute Gasteiger partial charge is 0.314 e. The van der Waals surface area contributed by atoms with E-state index in [4.69, 9.17) is 9.52 Å². The molecule has 0 bridgehead atoms. The zero-order chi connectivity index (χ0) is 12.5. The Bertz CT molecular complexity index is 543. The molecule has 0 radical (unpaired) electrons. The lowest BCUT2D eigenvalue weighted by atomic mass is 9.79. The minimum Gasteiger partial charge on any atom is -0.481 e. The van der Waals surface area contributed by atoms with E-state index in [1.165, 1.54) is 6.26 Å². The first kappa shape index (κ1) is 11.7. The van der Waals surface area contributed by atoms with Crippen LogP contribution in [-0.4, -0.2) is 22.8 Å². The van der Waals surface area contributed by atoms with Crippen molar-refractivity contribution in [3.63, 3.8) is 0 Å². The van der Waals surface area contributed by atoms with Gasteiger partial charge in [0.05, 0.1) is 11.7 Å². The van der Waals surface area contributed by atoms with Crippen molar-refractivity contribution in [2.75, 3.05) is 6.61 Å². The highest BCUT2D eigenvalue weighted by Gasteiger charge is 2.37. The molecule has 0 aliphatic heterocycles. The van der Waals surface area contributed by atoms with Gasteiger partial charge in [-0.3, -0.25) is 4.79 Å². The molecule has 1 atom stereocenters. The van der Waals surface area contributed by atoms with Crippen molar-refractivity contribution in [3.05, 3.63) is 36.1 Å². The lowest BCUT2D eigenvalue weighted by Crippen LogP contribution is -2.33. The molecule has 1 aromatic heterocycles. The van der Waals surface area contributed by atoms with Crippen LogP contribution in [0.3, 0.4) is 0 Å². The largest absolute Gasteiger partial charge is 0.481 e. The average Bonchev–Trinajstić information content (AvgIpc) is 2.73. The fraction of sp³-hybridized carbons (Fsp3) is 0.308. The summed E-state index contributed by atoms with van der Waals surface area (Å²) in [6, 6.07) is 7.29. The zero-order valence-electron chi connectivity index (χ0n) is 9.51. The van der Waals surface area contributed by atoms with Crippen LogP contribution in [0.25, 0.3) is 11.0 Å². The number of hydrogen-bond donors (Lipinski definition) is 2. The molecule has 0 fully saturated rings. The lowest BCUT2D eigenvalue weighted by Gasteiger charge is -2.22. The highest BCUT2D eigenvalue weighted by atomic mass is 16.4. The summed E-state index contributed by atoms with van der Waals surface area (Å²) in [5.74, 6) is -0.960. The molecule has 0 aliphatic rings. The first-order chi connectivity index (χ1) is 8.09. The SMILES string of the molecule is CC(CCO)(C(=O)O)c1coc2ccccc12. The van der Waals surface area contributed by atoms with Crippen LogP contribution in [0.4, 0.5) is 0 Å². The Morgan fingerprint density at radius 1 is 1.41 bits per heavy atom. The molecule has 0 saturated carbocycles. The zero-order valence-corrected chi connectivity index (χ0v) is 9.51. The number of furan rings is 1. The van der Waals surface area contributed by atoms with Crippen molar-refractivity contribution in [1.29, 1.82) is 0 Å². The fourth-order valence-electron chi connectivity index (χ4n) is 1.99. The highest BCUT2D eigenvalue weighted by Crippen LogP contribution is 2.34. The van der Waals surface area contributed by atoms with Crippen LogP contribution in [0.15, 0.2) is 34.9 Å². The van der Waals surface area contributed by atoms with Gasteiger partial charge in [-0.15, -0.1) is 0 Å². The second-order valence-corrected chi connectivity index (χ2v) is 4.26. The maximum Gasteiger partial charge on any atom is 0.314 e. The molecule has 1 unspecified atom stereocenters. The summed E-state index contributed by atoms with van der Waals surface area (Å²) in [6.45, 7) is 1.42. The monoisotopic (exact) mass is 234 g/mol. The summed E-state index contributed by atoms with van der Waals surface area (Å²) < 4.78 is 5.35. The van der Waals surface area contributed by atoms with E-state index in [2.05, 4.69) is 0 Å². The van der Waals surface area contributed by atoms with E-state index in [9.17, 15) is 9.90 Å². The number of carboxylic acid groups (broad SMARTS) is 1. The standard InChI is InChI=1S/C13H14O4/c1-13(6-7-14,12(15)16)10-8-17-11-5-3-2-4-9(10)11/h2-5,8,14H,6-7H2,1H3,(H,15,16). The number of rotatable bonds is 4. The van der Waals surface area contributed by atoms with Gasteiger partial charge in [-0.05, 0) is 19.4 Å². The van der Waals surface area contributed by atoms with Gasteiger partial charge in [0.1, 0.15) is 5.58 Å². The maximum atomic E-state index is 11.4. The summed E-state index contributed by atoms with van der Waals surface area (Å²) in [6.07, 6.45) is 1.63. The lowest BCUT2D eigenvalue weighted by molar-refractivity contribution is -0.143. The summed E-state index contributed by atoms with van der Waals surface area (Å²) >= 11 is 0. The van der Waals surface area contributed by atoms with Gasteiger partial charge in [-0.25, -0.2) is 0 Å². The maximum absolute atomic E-state index is 11.4. The Kier molecular flexibility index (Phi) is 2.90. The molecule has 90 valence electrons. The number of aliphatic carboxylic acids is 1. The van der Waals surface area contributed by atoms with E-state index in [0.29, 0.717) is 11.1 Å². The van der Waals surface area contributed by atoms with Crippen LogP contribution in [0, 0.1) is 0 Å². The Hall–Kier alpha value is -1.81. The van der Waals surface area contributed by atoms with Gasteiger partial charge in [-0.1, -0.05) is 18.2 Å². The molecule has 4 heteroatoms. The molecule has 2 rings (SSSR count).